The van der Waals surface area contributed by atoms with E-state index in [4.69, 9.17) is 14.2 Å². The minimum atomic E-state index is -1.23. The minimum Gasteiger partial charge on any atom is -0.497 e. The summed E-state index contributed by atoms with van der Waals surface area (Å²) < 4.78 is 17.4. The summed E-state index contributed by atoms with van der Waals surface area (Å²) in [6.07, 6.45) is 2.06. The van der Waals surface area contributed by atoms with E-state index in [0.717, 1.165) is 0 Å². The average Bonchev–Trinajstić information content (AvgIpc) is 3.39. The van der Waals surface area contributed by atoms with Crippen molar-refractivity contribution in [3.05, 3.63) is 36.9 Å². The molecule has 2 amide bonds. The van der Waals surface area contributed by atoms with Crippen LogP contribution in [0.3, 0.4) is 0 Å². The molecule has 3 saturated heterocycles. The van der Waals surface area contributed by atoms with Gasteiger partial charge in [-0.05, 0) is 56.4 Å². The number of esters is 1. The van der Waals surface area contributed by atoms with E-state index in [0.29, 0.717) is 17.9 Å². The van der Waals surface area contributed by atoms with Crippen molar-refractivity contribution in [3.8, 4) is 5.75 Å². The van der Waals surface area contributed by atoms with Gasteiger partial charge in [0.15, 0.2) is 0 Å². The number of carbonyl (C=O) groups excluding carboxylic acids is 3. The number of methoxy groups -OCH3 is 1. The smallest absolute Gasteiger partial charge is 0.312 e. The molecular formula is C29H40N2O7. The quantitative estimate of drug-likeness (QED) is 0.368. The van der Waals surface area contributed by atoms with Crippen LogP contribution in [0.1, 0.15) is 41.0 Å². The molecule has 1 spiro atoms. The number of benzene rings is 1. The number of rotatable bonds is 10. The molecule has 1 aromatic carbocycles. The zero-order chi connectivity index (χ0) is 28.0. The Morgan fingerprint density at radius 2 is 1.97 bits per heavy atom. The van der Waals surface area contributed by atoms with Gasteiger partial charge in [0.25, 0.3) is 5.91 Å². The molecule has 9 nitrogen and oxygen atoms in total. The highest BCUT2D eigenvalue weighted by Gasteiger charge is 2.80. The Morgan fingerprint density at radius 1 is 1.32 bits per heavy atom. The average molecular weight is 529 g/mol. The van der Waals surface area contributed by atoms with Crippen molar-refractivity contribution in [2.75, 3.05) is 31.8 Å². The van der Waals surface area contributed by atoms with E-state index in [1.54, 1.807) is 49.3 Å². The Bertz CT molecular complexity index is 1090. The van der Waals surface area contributed by atoms with Crippen LogP contribution in [0.15, 0.2) is 36.9 Å². The molecular weight excluding hydrogens is 488 g/mol. The first-order valence-electron chi connectivity index (χ1n) is 13.4. The van der Waals surface area contributed by atoms with Gasteiger partial charge in [-0.25, -0.2) is 0 Å². The minimum absolute atomic E-state index is 0.100. The van der Waals surface area contributed by atoms with Gasteiger partial charge in [-0.2, -0.15) is 0 Å². The third-order valence-corrected chi connectivity index (χ3v) is 8.80. The van der Waals surface area contributed by atoms with Crippen molar-refractivity contribution < 1.29 is 33.7 Å². The molecule has 3 fully saturated rings. The summed E-state index contributed by atoms with van der Waals surface area (Å²) in [5.74, 6) is -2.51. The second-order valence-electron chi connectivity index (χ2n) is 11.1. The van der Waals surface area contributed by atoms with Crippen molar-refractivity contribution in [2.24, 2.45) is 23.7 Å². The molecule has 0 aromatic heterocycles. The molecule has 3 aliphatic heterocycles. The third-order valence-electron chi connectivity index (χ3n) is 8.80. The lowest BCUT2D eigenvalue weighted by molar-refractivity contribution is -0.162. The number of hydrogen-bond donors (Lipinski definition) is 1. The number of nitrogens with zero attached hydrogens (tertiary/aromatic N) is 2. The molecule has 4 rings (SSSR count). The summed E-state index contributed by atoms with van der Waals surface area (Å²) in [7, 11) is 1.57. The largest absolute Gasteiger partial charge is 0.497 e. The normalized spacial score (nSPS) is 32.3. The van der Waals surface area contributed by atoms with Gasteiger partial charge in [-0.1, -0.05) is 26.8 Å². The number of fused-ring (bicyclic) bond motifs is 1. The zero-order valence-corrected chi connectivity index (χ0v) is 23.2. The van der Waals surface area contributed by atoms with Gasteiger partial charge < -0.3 is 29.1 Å². The van der Waals surface area contributed by atoms with Crippen LogP contribution >= 0.6 is 0 Å². The van der Waals surface area contributed by atoms with Crippen LogP contribution in [0.4, 0.5) is 5.69 Å². The van der Waals surface area contributed by atoms with Crippen LogP contribution in [-0.2, 0) is 23.9 Å². The van der Waals surface area contributed by atoms with Gasteiger partial charge in [-0.3, -0.25) is 14.4 Å². The van der Waals surface area contributed by atoms with E-state index in [-0.39, 0.29) is 43.4 Å². The van der Waals surface area contributed by atoms with Crippen LogP contribution in [0.5, 0.6) is 5.75 Å². The highest BCUT2D eigenvalue weighted by atomic mass is 16.6. The Morgan fingerprint density at radius 3 is 2.50 bits per heavy atom. The number of hydrogen-bond acceptors (Lipinski definition) is 7. The first-order chi connectivity index (χ1) is 18.0. The number of aliphatic hydroxyl groups is 1. The van der Waals surface area contributed by atoms with Gasteiger partial charge in [0.2, 0.25) is 5.91 Å². The van der Waals surface area contributed by atoms with Crippen molar-refractivity contribution in [3.63, 3.8) is 0 Å². The molecule has 1 N–H and O–H groups in total. The standard InChI is InChI=1S/C29H40N2O7/c1-8-14-30(19-10-12-20(36-7)13-11-19)26(34)24-29-15-18(5)28(6,38-29)23(27(35)37-9-2)22(29)25(33)31(24)21(16-32)17(3)4/h8,10-13,17-18,21-24,32H,1,9,14-16H2,2-7H3/t18?,21-,22-,23-,24?,28+,29?/m0/s1. The van der Waals surface area contributed by atoms with Crippen LogP contribution < -0.4 is 9.64 Å². The summed E-state index contributed by atoms with van der Waals surface area (Å²) in [6, 6.07) is 5.41. The molecule has 1 aromatic rings. The van der Waals surface area contributed by atoms with E-state index in [1.165, 1.54) is 4.90 Å². The Hall–Kier alpha value is -2.91. The number of ether oxygens (including phenoxy) is 3. The molecule has 3 unspecified atom stereocenters. The molecule has 0 saturated carbocycles. The van der Waals surface area contributed by atoms with Gasteiger partial charge in [0.05, 0.1) is 37.9 Å². The van der Waals surface area contributed by atoms with Crippen molar-refractivity contribution in [1.29, 1.82) is 0 Å². The van der Waals surface area contributed by atoms with Gasteiger partial charge >= 0.3 is 5.97 Å². The molecule has 38 heavy (non-hydrogen) atoms. The maximum absolute atomic E-state index is 14.6. The fourth-order valence-electron chi connectivity index (χ4n) is 6.89. The van der Waals surface area contributed by atoms with Gasteiger partial charge in [-0.15, -0.1) is 6.58 Å². The maximum atomic E-state index is 14.6. The monoisotopic (exact) mass is 528 g/mol. The van der Waals surface area contributed by atoms with Gasteiger partial charge in [0.1, 0.15) is 23.3 Å². The number of amides is 2. The number of aliphatic hydroxyl groups excluding tert-OH is 1. The summed E-state index contributed by atoms with van der Waals surface area (Å²) in [5.41, 5.74) is -1.57. The molecule has 2 bridgehead atoms. The van der Waals surface area contributed by atoms with Crippen LogP contribution in [0, 0.1) is 23.7 Å². The summed E-state index contributed by atoms with van der Waals surface area (Å²) in [6.45, 7) is 13.3. The highest BCUT2D eigenvalue weighted by molar-refractivity contribution is 6.05. The van der Waals surface area contributed by atoms with E-state index in [2.05, 4.69) is 6.58 Å². The fourth-order valence-corrected chi connectivity index (χ4v) is 6.89. The molecule has 208 valence electrons. The SMILES string of the molecule is C=CCN(C(=O)C1N([C@@H](CO)C(C)C)C(=O)[C@@H]2[C@@H](C(=O)OCC)[C@]3(C)OC12CC3C)c1ccc(OC)cc1. The lowest BCUT2D eigenvalue weighted by Gasteiger charge is -2.40. The second kappa shape index (κ2) is 10.3. The molecule has 3 heterocycles. The van der Waals surface area contributed by atoms with Crippen LogP contribution in [-0.4, -0.2) is 77.9 Å². The number of likely N-dealkylation sites (tertiary alicyclic amines) is 1. The highest BCUT2D eigenvalue weighted by Crippen LogP contribution is 2.65. The van der Waals surface area contributed by atoms with Crippen LogP contribution in [0.2, 0.25) is 0 Å². The topological polar surface area (TPSA) is 106 Å². The first kappa shape index (κ1) is 28.1. The predicted molar refractivity (Wildman–Crippen MR) is 142 cm³/mol. The summed E-state index contributed by atoms with van der Waals surface area (Å²) in [4.78, 5) is 45.3. The third kappa shape index (κ3) is 4.02. The molecule has 3 aliphatic rings. The predicted octanol–water partition coefficient (Wildman–Crippen LogP) is 2.80. The lowest BCUT2D eigenvalue weighted by atomic mass is 9.62. The lowest BCUT2D eigenvalue weighted by Crippen LogP contribution is -2.60. The number of anilines is 1. The van der Waals surface area contributed by atoms with Crippen molar-refractivity contribution >= 4 is 23.5 Å². The van der Waals surface area contributed by atoms with E-state index >= 15 is 0 Å². The fraction of sp³-hybridized carbons (Fsp3) is 0.621. The molecule has 0 aliphatic carbocycles. The van der Waals surface area contributed by atoms with E-state index < -0.39 is 41.1 Å². The van der Waals surface area contributed by atoms with E-state index in [9.17, 15) is 19.5 Å². The molecule has 0 radical (unpaired) electrons. The molecule has 9 heteroatoms. The first-order valence-corrected chi connectivity index (χ1v) is 13.4. The zero-order valence-electron chi connectivity index (χ0n) is 23.2. The maximum Gasteiger partial charge on any atom is 0.312 e. The summed E-state index contributed by atoms with van der Waals surface area (Å²) >= 11 is 0. The summed E-state index contributed by atoms with van der Waals surface area (Å²) in [5, 5.41) is 10.4. The van der Waals surface area contributed by atoms with Gasteiger partial charge in [0, 0.05) is 12.2 Å². The molecule has 7 atom stereocenters. The Balaban J connectivity index is 1.88. The van der Waals surface area contributed by atoms with Crippen molar-refractivity contribution in [1.82, 2.24) is 4.90 Å². The van der Waals surface area contributed by atoms with Crippen molar-refractivity contribution in [2.45, 2.75) is 64.3 Å². The Kier molecular flexibility index (Phi) is 7.65. The number of carbonyl (C=O) groups is 3. The Labute approximate surface area is 224 Å². The van der Waals surface area contributed by atoms with E-state index in [1.807, 2.05) is 27.7 Å². The second-order valence-corrected chi connectivity index (χ2v) is 11.1. The van der Waals surface area contributed by atoms with Crippen LogP contribution in [0.25, 0.3) is 0 Å².